The van der Waals surface area contributed by atoms with Crippen molar-refractivity contribution < 1.29 is 13.2 Å². The van der Waals surface area contributed by atoms with Crippen LogP contribution in [-0.2, 0) is 14.8 Å². The first-order chi connectivity index (χ1) is 7.96. The maximum Gasteiger partial charge on any atom is 0.240 e. The van der Waals surface area contributed by atoms with Gasteiger partial charge in [0.15, 0.2) is 0 Å². The molecular formula is C10H21N3O3S. The number of amides is 1. The van der Waals surface area contributed by atoms with Crippen molar-refractivity contribution in [2.75, 3.05) is 25.9 Å². The van der Waals surface area contributed by atoms with Crippen molar-refractivity contribution in [3.63, 3.8) is 0 Å². The SMILES string of the molecule is CCC1(C(=O)NCCS(=O)(=O)NC)CCCN1. The molecule has 1 heterocycles. The van der Waals surface area contributed by atoms with Crippen molar-refractivity contribution in [3.05, 3.63) is 0 Å². The molecule has 0 aliphatic carbocycles. The highest BCUT2D eigenvalue weighted by Crippen LogP contribution is 2.22. The first-order valence-corrected chi connectivity index (χ1v) is 7.55. The molecule has 1 amide bonds. The Labute approximate surface area is 103 Å². The van der Waals surface area contributed by atoms with E-state index in [0.29, 0.717) is 0 Å². The molecule has 1 atom stereocenters. The molecule has 100 valence electrons. The molecule has 0 aromatic rings. The van der Waals surface area contributed by atoms with Crippen LogP contribution in [0, 0.1) is 0 Å². The van der Waals surface area contributed by atoms with E-state index in [2.05, 4.69) is 15.4 Å². The summed E-state index contributed by atoms with van der Waals surface area (Å²) in [5, 5.41) is 5.89. The number of hydrogen-bond acceptors (Lipinski definition) is 4. The number of hydrogen-bond donors (Lipinski definition) is 3. The van der Waals surface area contributed by atoms with Crippen LogP contribution in [0.5, 0.6) is 0 Å². The van der Waals surface area contributed by atoms with E-state index in [1.54, 1.807) is 0 Å². The molecule has 17 heavy (non-hydrogen) atoms. The van der Waals surface area contributed by atoms with E-state index in [1.807, 2.05) is 6.92 Å². The zero-order valence-corrected chi connectivity index (χ0v) is 11.2. The summed E-state index contributed by atoms with van der Waals surface area (Å²) in [6, 6.07) is 0. The largest absolute Gasteiger partial charge is 0.353 e. The Bertz CT molecular complexity index is 361. The summed E-state index contributed by atoms with van der Waals surface area (Å²) >= 11 is 0. The first kappa shape index (κ1) is 14.4. The maximum atomic E-state index is 12.0. The molecule has 7 heteroatoms. The Morgan fingerprint density at radius 1 is 1.47 bits per heavy atom. The van der Waals surface area contributed by atoms with Gasteiger partial charge in [0.25, 0.3) is 0 Å². The van der Waals surface area contributed by atoms with Gasteiger partial charge in [-0.25, -0.2) is 13.1 Å². The van der Waals surface area contributed by atoms with Gasteiger partial charge in [-0.3, -0.25) is 4.79 Å². The summed E-state index contributed by atoms with van der Waals surface area (Å²) in [6.45, 7) is 2.95. The van der Waals surface area contributed by atoms with Crippen molar-refractivity contribution in [1.29, 1.82) is 0 Å². The van der Waals surface area contributed by atoms with Crippen molar-refractivity contribution in [2.24, 2.45) is 0 Å². The molecule has 0 aromatic heterocycles. The lowest BCUT2D eigenvalue weighted by Gasteiger charge is -2.26. The fourth-order valence-corrected chi connectivity index (χ4v) is 2.61. The van der Waals surface area contributed by atoms with Gasteiger partial charge in [0.2, 0.25) is 15.9 Å². The Morgan fingerprint density at radius 2 is 2.18 bits per heavy atom. The third-order valence-electron chi connectivity index (χ3n) is 3.25. The zero-order valence-electron chi connectivity index (χ0n) is 10.4. The fourth-order valence-electron chi connectivity index (χ4n) is 2.03. The highest BCUT2D eigenvalue weighted by Gasteiger charge is 2.38. The lowest BCUT2D eigenvalue weighted by Crippen LogP contribution is -2.53. The van der Waals surface area contributed by atoms with E-state index in [0.717, 1.165) is 25.8 Å². The highest BCUT2D eigenvalue weighted by molar-refractivity contribution is 7.89. The van der Waals surface area contributed by atoms with E-state index >= 15 is 0 Å². The molecular weight excluding hydrogens is 242 g/mol. The number of carbonyl (C=O) groups is 1. The Kier molecular flexibility index (Phi) is 4.91. The number of nitrogens with one attached hydrogen (secondary N) is 3. The third-order valence-corrected chi connectivity index (χ3v) is 4.61. The van der Waals surface area contributed by atoms with Gasteiger partial charge in [-0.2, -0.15) is 0 Å². The van der Waals surface area contributed by atoms with E-state index in [-0.39, 0.29) is 18.2 Å². The van der Waals surface area contributed by atoms with E-state index in [4.69, 9.17) is 0 Å². The molecule has 1 aliphatic rings. The Morgan fingerprint density at radius 3 is 2.65 bits per heavy atom. The smallest absolute Gasteiger partial charge is 0.240 e. The summed E-state index contributed by atoms with van der Waals surface area (Å²) in [6.07, 6.45) is 2.52. The van der Waals surface area contributed by atoms with Gasteiger partial charge in [0.1, 0.15) is 0 Å². The third kappa shape index (κ3) is 3.65. The molecule has 0 aromatic carbocycles. The molecule has 1 aliphatic heterocycles. The van der Waals surface area contributed by atoms with E-state index in [1.165, 1.54) is 7.05 Å². The summed E-state index contributed by atoms with van der Waals surface area (Å²) in [7, 11) is -1.89. The summed E-state index contributed by atoms with van der Waals surface area (Å²) < 4.78 is 24.6. The summed E-state index contributed by atoms with van der Waals surface area (Å²) in [5.74, 6) is -0.182. The maximum absolute atomic E-state index is 12.0. The van der Waals surface area contributed by atoms with Crippen molar-refractivity contribution >= 4 is 15.9 Å². The average Bonchev–Trinajstić information content (AvgIpc) is 2.78. The molecule has 0 saturated carbocycles. The van der Waals surface area contributed by atoms with Gasteiger partial charge in [0, 0.05) is 6.54 Å². The molecule has 0 bridgehead atoms. The topological polar surface area (TPSA) is 87.3 Å². The molecule has 3 N–H and O–H groups in total. The van der Waals surface area contributed by atoms with E-state index in [9.17, 15) is 13.2 Å². The Balaban J connectivity index is 2.44. The molecule has 0 radical (unpaired) electrons. The zero-order chi connectivity index (χ0) is 12.9. The van der Waals surface area contributed by atoms with Gasteiger partial charge < -0.3 is 10.6 Å². The molecule has 1 fully saturated rings. The minimum atomic E-state index is -3.25. The predicted octanol–water partition coefficient (Wildman–Crippen LogP) is -0.816. The lowest BCUT2D eigenvalue weighted by atomic mass is 9.93. The van der Waals surface area contributed by atoms with Crippen molar-refractivity contribution in [3.8, 4) is 0 Å². The quantitative estimate of drug-likeness (QED) is 0.584. The van der Waals surface area contributed by atoms with Crippen LogP contribution in [0.15, 0.2) is 0 Å². The normalized spacial score (nSPS) is 24.8. The minimum absolute atomic E-state index is 0.0883. The molecule has 1 rings (SSSR count). The van der Waals surface area contributed by atoms with E-state index < -0.39 is 15.6 Å². The van der Waals surface area contributed by atoms with Crippen molar-refractivity contribution in [2.45, 2.75) is 31.7 Å². The van der Waals surface area contributed by atoms with Gasteiger partial charge in [-0.05, 0) is 32.9 Å². The van der Waals surface area contributed by atoms with Gasteiger partial charge >= 0.3 is 0 Å². The first-order valence-electron chi connectivity index (χ1n) is 5.90. The van der Waals surface area contributed by atoms with Crippen LogP contribution in [0.2, 0.25) is 0 Å². The highest BCUT2D eigenvalue weighted by atomic mass is 32.2. The minimum Gasteiger partial charge on any atom is -0.353 e. The second-order valence-electron chi connectivity index (χ2n) is 4.24. The predicted molar refractivity (Wildman–Crippen MR) is 66.1 cm³/mol. The van der Waals surface area contributed by atoms with Crippen LogP contribution in [0.1, 0.15) is 26.2 Å². The molecule has 1 saturated heterocycles. The van der Waals surface area contributed by atoms with Crippen LogP contribution in [0.4, 0.5) is 0 Å². The standard InChI is InChI=1S/C10H21N3O3S/c1-3-10(5-4-6-13-10)9(14)12-7-8-17(15,16)11-2/h11,13H,3-8H2,1-2H3,(H,12,14). The van der Waals surface area contributed by atoms with Crippen LogP contribution in [-0.4, -0.2) is 45.8 Å². The number of rotatable bonds is 6. The van der Waals surface area contributed by atoms with Gasteiger partial charge in [-0.15, -0.1) is 0 Å². The number of sulfonamides is 1. The second-order valence-corrected chi connectivity index (χ2v) is 6.29. The van der Waals surface area contributed by atoms with Crippen LogP contribution < -0.4 is 15.4 Å². The fraction of sp³-hybridized carbons (Fsp3) is 0.900. The monoisotopic (exact) mass is 263 g/mol. The van der Waals surface area contributed by atoms with Crippen LogP contribution in [0.3, 0.4) is 0 Å². The van der Waals surface area contributed by atoms with Crippen LogP contribution >= 0.6 is 0 Å². The van der Waals surface area contributed by atoms with Gasteiger partial charge in [0.05, 0.1) is 11.3 Å². The van der Waals surface area contributed by atoms with Gasteiger partial charge in [-0.1, -0.05) is 6.92 Å². The summed E-state index contributed by atoms with van der Waals surface area (Å²) in [4.78, 5) is 12.0. The Hall–Kier alpha value is -0.660. The second kappa shape index (κ2) is 5.79. The lowest BCUT2D eigenvalue weighted by molar-refractivity contribution is -0.127. The van der Waals surface area contributed by atoms with Crippen LogP contribution in [0.25, 0.3) is 0 Å². The average molecular weight is 263 g/mol. The molecule has 0 spiro atoms. The number of carbonyl (C=O) groups excluding carboxylic acids is 1. The van der Waals surface area contributed by atoms with Crippen molar-refractivity contribution in [1.82, 2.24) is 15.4 Å². The summed E-state index contributed by atoms with van der Waals surface area (Å²) in [5.41, 5.74) is -0.497. The molecule has 1 unspecified atom stereocenters. The molecule has 6 nitrogen and oxygen atoms in total.